The summed E-state index contributed by atoms with van der Waals surface area (Å²) in [6.45, 7) is 2.41. The Labute approximate surface area is 113 Å². The number of methoxy groups -OCH3 is 1. The number of ether oxygens (including phenoxy) is 1. The van der Waals surface area contributed by atoms with Crippen molar-refractivity contribution in [3.05, 3.63) is 0 Å². The van der Waals surface area contributed by atoms with Crippen LogP contribution in [0.2, 0.25) is 0 Å². The van der Waals surface area contributed by atoms with Crippen molar-refractivity contribution in [1.29, 1.82) is 0 Å². The van der Waals surface area contributed by atoms with Crippen molar-refractivity contribution in [3.8, 4) is 0 Å². The molecule has 6 heteroatoms. The van der Waals surface area contributed by atoms with Crippen molar-refractivity contribution < 1.29 is 14.3 Å². The van der Waals surface area contributed by atoms with Crippen LogP contribution in [0, 0.1) is 5.92 Å². The van der Waals surface area contributed by atoms with Crippen molar-refractivity contribution in [2.45, 2.75) is 31.3 Å². The summed E-state index contributed by atoms with van der Waals surface area (Å²) in [5.74, 6) is 0.424. The molecule has 2 bridgehead atoms. The van der Waals surface area contributed by atoms with Gasteiger partial charge in [0.2, 0.25) is 5.91 Å². The van der Waals surface area contributed by atoms with Gasteiger partial charge in [-0.2, -0.15) is 0 Å². The molecule has 3 aliphatic heterocycles. The van der Waals surface area contributed by atoms with E-state index in [0.717, 1.165) is 12.8 Å². The van der Waals surface area contributed by atoms with Crippen molar-refractivity contribution in [3.63, 3.8) is 0 Å². The smallest absolute Gasteiger partial charge is 0.409 e. The minimum Gasteiger partial charge on any atom is -0.453 e. The van der Waals surface area contributed by atoms with Crippen LogP contribution in [-0.2, 0) is 9.53 Å². The Morgan fingerprint density at radius 2 is 1.79 bits per heavy atom. The molecule has 0 radical (unpaired) electrons. The van der Waals surface area contributed by atoms with Crippen molar-refractivity contribution >= 4 is 12.0 Å². The van der Waals surface area contributed by atoms with E-state index in [0.29, 0.717) is 38.3 Å². The number of nitrogens with one attached hydrogen (secondary N) is 1. The number of nitrogens with zero attached hydrogens (tertiary/aromatic N) is 2. The maximum Gasteiger partial charge on any atom is 0.409 e. The van der Waals surface area contributed by atoms with E-state index in [4.69, 9.17) is 4.74 Å². The molecule has 0 aromatic rings. The Morgan fingerprint density at radius 1 is 1.11 bits per heavy atom. The molecule has 3 fully saturated rings. The third kappa shape index (κ3) is 2.29. The molecule has 3 saturated heterocycles. The summed E-state index contributed by atoms with van der Waals surface area (Å²) < 4.78 is 4.70. The fourth-order valence-corrected chi connectivity index (χ4v) is 3.57. The normalized spacial score (nSPS) is 33.6. The summed E-state index contributed by atoms with van der Waals surface area (Å²) in [6.07, 6.45) is 3.03. The van der Waals surface area contributed by atoms with Crippen molar-refractivity contribution in [2.24, 2.45) is 5.92 Å². The van der Waals surface area contributed by atoms with E-state index in [1.807, 2.05) is 4.90 Å². The van der Waals surface area contributed by atoms with Gasteiger partial charge in [0.05, 0.1) is 13.0 Å². The predicted molar refractivity (Wildman–Crippen MR) is 68.6 cm³/mol. The number of hydrogen-bond donors (Lipinski definition) is 1. The highest BCUT2D eigenvalue weighted by Crippen LogP contribution is 2.34. The summed E-state index contributed by atoms with van der Waals surface area (Å²) in [6, 6.07) is 0.937. The van der Waals surface area contributed by atoms with Gasteiger partial charge in [0.15, 0.2) is 0 Å². The van der Waals surface area contributed by atoms with Gasteiger partial charge in [0.1, 0.15) is 0 Å². The quantitative estimate of drug-likeness (QED) is 0.728. The number of amides is 2. The lowest BCUT2D eigenvalue weighted by Crippen LogP contribution is -2.53. The SMILES string of the molecule is COC(=O)N1CCN(C(=O)C2CC3CCC2N3)CC1. The van der Waals surface area contributed by atoms with E-state index in [9.17, 15) is 9.59 Å². The molecular formula is C13H21N3O3. The van der Waals surface area contributed by atoms with Gasteiger partial charge in [-0.15, -0.1) is 0 Å². The van der Waals surface area contributed by atoms with Gasteiger partial charge in [0.25, 0.3) is 0 Å². The van der Waals surface area contributed by atoms with Gasteiger partial charge in [-0.05, 0) is 19.3 Å². The molecule has 3 aliphatic rings. The number of rotatable bonds is 1. The van der Waals surface area contributed by atoms with Crippen LogP contribution in [0.25, 0.3) is 0 Å². The standard InChI is InChI=1S/C13H21N3O3/c1-19-13(18)16-6-4-15(5-7-16)12(17)10-8-9-2-3-11(10)14-9/h9-11,14H,2-8H2,1H3. The highest BCUT2D eigenvalue weighted by molar-refractivity contribution is 5.80. The van der Waals surface area contributed by atoms with Gasteiger partial charge < -0.3 is 19.9 Å². The second-order valence-corrected chi connectivity index (χ2v) is 5.67. The fourth-order valence-electron chi connectivity index (χ4n) is 3.57. The Kier molecular flexibility index (Phi) is 3.35. The molecule has 3 heterocycles. The number of carbonyl (C=O) groups excluding carboxylic acids is 2. The largest absolute Gasteiger partial charge is 0.453 e. The van der Waals surface area contributed by atoms with Gasteiger partial charge in [-0.25, -0.2) is 4.79 Å². The Hall–Kier alpha value is -1.30. The average Bonchev–Trinajstić information content (AvgIpc) is 3.08. The lowest BCUT2D eigenvalue weighted by molar-refractivity contribution is -0.137. The second kappa shape index (κ2) is 5.00. The van der Waals surface area contributed by atoms with Crippen LogP contribution in [0.5, 0.6) is 0 Å². The minimum absolute atomic E-state index is 0.156. The van der Waals surface area contributed by atoms with E-state index >= 15 is 0 Å². The molecule has 6 nitrogen and oxygen atoms in total. The third-order valence-electron chi connectivity index (χ3n) is 4.64. The molecule has 3 rings (SSSR count). The van der Waals surface area contributed by atoms with Crippen LogP contribution in [0.1, 0.15) is 19.3 Å². The van der Waals surface area contributed by atoms with Gasteiger partial charge in [-0.3, -0.25) is 4.79 Å². The van der Waals surface area contributed by atoms with E-state index < -0.39 is 0 Å². The number of fused-ring (bicyclic) bond motifs is 2. The molecule has 3 atom stereocenters. The van der Waals surface area contributed by atoms with E-state index in [2.05, 4.69) is 5.32 Å². The van der Waals surface area contributed by atoms with Crippen molar-refractivity contribution in [1.82, 2.24) is 15.1 Å². The van der Waals surface area contributed by atoms with Crippen LogP contribution in [0.4, 0.5) is 4.79 Å². The van der Waals surface area contributed by atoms with Gasteiger partial charge in [0, 0.05) is 38.3 Å². The molecular weight excluding hydrogens is 246 g/mol. The van der Waals surface area contributed by atoms with E-state index in [-0.39, 0.29) is 17.9 Å². The summed E-state index contributed by atoms with van der Waals surface area (Å²) in [5, 5.41) is 3.50. The molecule has 19 heavy (non-hydrogen) atoms. The molecule has 0 aromatic heterocycles. The number of hydrogen-bond acceptors (Lipinski definition) is 4. The topological polar surface area (TPSA) is 61.9 Å². The monoisotopic (exact) mass is 267 g/mol. The molecule has 2 amide bonds. The summed E-state index contributed by atoms with van der Waals surface area (Å²) in [7, 11) is 1.39. The Balaban J connectivity index is 1.54. The second-order valence-electron chi connectivity index (χ2n) is 5.67. The van der Waals surface area contributed by atoms with Crippen LogP contribution >= 0.6 is 0 Å². The lowest BCUT2D eigenvalue weighted by Gasteiger charge is -2.36. The van der Waals surface area contributed by atoms with Crippen LogP contribution in [-0.4, -0.2) is 67.2 Å². The number of carbonyl (C=O) groups is 2. The van der Waals surface area contributed by atoms with Gasteiger partial charge in [-0.1, -0.05) is 0 Å². The highest BCUT2D eigenvalue weighted by atomic mass is 16.5. The first kappa shape index (κ1) is 12.7. The summed E-state index contributed by atoms with van der Waals surface area (Å²) in [5.41, 5.74) is 0. The average molecular weight is 267 g/mol. The molecule has 0 aliphatic carbocycles. The summed E-state index contributed by atoms with van der Waals surface area (Å²) in [4.78, 5) is 27.4. The van der Waals surface area contributed by atoms with Crippen LogP contribution < -0.4 is 5.32 Å². The fraction of sp³-hybridized carbons (Fsp3) is 0.846. The molecule has 106 valence electrons. The zero-order valence-electron chi connectivity index (χ0n) is 11.3. The highest BCUT2D eigenvalue weighted by Gasteiger charge is 2.44. The first-order chi connectivity index (χ1) is 9.19. The zero-order chi connectivity index (χ0) is 13.4. The van der Waals surface area contributed by atoms with E-state index in [1.54, 1.807) is 4.90 Å². The number of piperazine rings is 1. The van der Waals surface area contributed by atoms with E-state index in [1.165, 1.54) is 13.5 Å². The van der Waals surface area contributed by atoms with Crippen LogP contribution in [0.3, 0.4) is 0 Å². The maximum atomic E-state index is 12.5. The van der Waals surface area contributed by atoms with Crippen molar-refractivity contribution in [2.75, 3.05) is 33.3 Å². The molecule has 1 N–H and O–H groups in total. The third-order valence-corrected chi connectivity index (χ3v) is 4.64. The minimum atomic E-state index is -0.298. The Bertz CT molecular complexity index is 379. The molecule has 0 saturated carbocycles. The first-order valence-electron chi connectivity index (χ1n) is 7.07. The molecule has 0 spiro atoms. The van der Waals surface area contributed by atoms with Gasteiger partial charge >= 0.3 is 6.09 Å². The zero-order valence-corrected chi connectivity index (χ0v) is 11.3. The lowest BCUT2D eigenvalue weighted by atomic mass is 9.88. The first-order valence-corrected chi connectivity index (χ1v) is 7.07. The molecule has 0 aromatic carbocycles. The van der Waals surface area contributed by atoms with Crippen LogP contribution in [0.15, 0.2) is 0 Å². The predicted octanol–water partition coefficient (Wildman–Crippen LogP) is 0.0375. The molecule has 3 unspecified atom stereocenters. The Morgan fingerprint density at radius 3 is 2.32 bits per heavy atom. The summed E-state index contributed by atoms with van der Waals surface area (Å²) >= 11 is 0. The maximum absolute atomic E-state index is 12.5.